The van der Waals surface area contributed by atoms with Crippen molar-refractivity contribution in [2.75, 3.05) is 13.1 Å². The third-order valence-corrected chi connectivity index (χ3v) is 5.33. The van der Waals surface area contributed by atoms with Crippen molar-refractivity contribution >= 4 is 11.0 Å². The number of hydrogen-bond acceptors (Lipinski definition) is 2. The maximum atomic E-state index is 4.38. The lowest BCUT2D eigenvalue weighted by Gasteiger charge is -2.21. The first kappa shape index (κ1) is 16.3. The van der Waals surface area contributed by atoms with Crippen molar-refractivity contribution in [3.8, 4) is 11.1 Å². The molecule has 0 saturated carbocycles. The molecule has 1 fully saturated rings. The van der Waals surface area contributed by atoms with Gasteiger partial charge in [0.15, 0.2) is 0 Å². The van der Waals surface area contributed by atoms with E-state index in [1.165, 1.54) is 73.7 Å². The number of hydrogen-bond donors (Lipinski definition) is 1. The topological polar surface area (TPSA) is 31.9 Å². The van der Waals surface area contributed by atoms with E-state index in [0.717, 1.165) is 12.2 Å². The fraction of sp³-hybridized carbons (Fsp3) is 0.409. The largest absolute Gasteiger partial charge is 0.346 e. The number of fused-ring (bicyclic) bond motifs is 1. The Balaban J connectivity index is 1.49. The molecule has 3 heteroatoms. The molecule has 25 heavy (non-hydrogen) atoms. The SMILES string of the molecule is c1cc(-c2ccc(CN3CCCCCCCC3)cc2)c2cc[nH]c2n1. The number of rotatable bonds is 3. The van der Waals surface area contributed by atoms with Crippen LogP contribution in [0.2, 0.25) is 0 Å². The van der Waals surface area contributed by atoms with Crippen molar-refractivity contribution in [2.45, 2.75) is 45.1 Å². The van der Waals surface area contributed by atoms with Gasteiger partial charge in [0.25, 0.3) is 0 Å². The summed E-state index contributed by atoms with van der Waals surface area (Å²) >= 11 is 0. The molecule has 1 aliphatic heterocycles. The average molecular weight is 333 g/mol. The van der Waals surface area contributed by atoms with Gasteiger partial charge in [0.2, 0.25) is 0 Å². The van der Waals surface area contributed by atoms with Gasteiger partial charge >= 0.3 is 0 Å². The van der Waals surface area contributed by atoms with Crippen molar-refractivity contribution in [2.24, 2.45) is 0 Å². The van der Waals surface area contributed by atoms with E-state index in [1.54, 1.807) is 0 Å². The Morgan fingerprint density at radius 3 is 2.32 bits per heavy atom. The third-order valence-electron chi connectivity index (χ3n) is 5.33. The Morgan fingerprint density at radius 2 is 1.56 bits per heavy atom. The summed E-state index contributed by atoms with van der Waals surface area (Å²) < 4.78 is 0. The molecule has 0 spiro atoms. The predicted octanol–water partition coefficient (Wildman–Crippen LogP) is 5.39. The fourth-order valence-electron chi connectivity index (χ4n) is 3.91. The van der Waals surface area contributed by atoms with Gasteiger partial charge in [0, 0.05) is 24.3 Å². The van der Waals surface area contributed by atoms with Crippen LogP contribution >= 0.6 is 0 Å². The highest BCUT2D eigenvalue weighted by Crippen LogP contribution is 2.27. The lowest BCUT2D eigenvalue weighted by atomic mass is 10.0. The second-order valence-electron chi connectivity index (χ2n) is 7.19. The molecule has 3 heterocycles. The maximum Gasteiger partial charge on any atom is 0.137 e. The summed E-state index contributed by atoms with van der Waals surface area (Å²) in [4.78, 5) is 10.2. The molecule has 2 aromatic heterocycles. The number of nitrogens with one attached hydrogen (secondary N) is 1. The van der Waals surface area contributed by atoms with E-state index in [0.29, 0.717) is 0 Å². The first-order chi connectivity index (χ1) is 12.4. The second kappa shape index (κ2) is 7.83. The minimum absolute atomic E-state index is 0.957. The van der Waals surface area contributed by atoms with Crippen molar-refractivity contribution < 1.29 is 0 Å². The van der Waals surface area contributed by atoms with Crippen molar-refractivity contribution in [1.29, 1.82) is 0 Å². The van der Waals surface area contributed by atoms with E-state index in [9.17, 15) is 0 Å². The third kappa shape index (κ3) is 3.93. The smallest absolute Gasteiger partial charge is 0.137 e. The molecule has 3 aromatic rings. The van der Waals surface area contributed by atoms with E-state index in [4.69, 9.17) is 0 Å². The van der Waals surface area contributed by atoms with Gasteiger partial charge in [-0.05, 0) is 54.8 Å². The molecule has 130 valence electrons. The van der Waals surface area contributed by atoms with Gasteiger partial charge in [0.05, 0.1) is 0 Å². The molecule has 0 unspecified atom stereocenters. The van der Waals surface area contributed by atoms with Gasteiger partial charge in [-0.15, -0.1) is 0 Å². The number of H-pyrrole nitrogens is 1. The van der Waals surface area contributed by atoms with Crippen molar-refractivity contribution in [1.82, 2.24) is 14.9 Å². The van der Waals surface area contributed by atoms with Crippen LogP contribution in [0.4, 0.5) is 0 Å². The molecular weight excluding hydrogens is 306 g/mol. The average Bonchev–Trinajstić information content (AvgIpc) is 3.16. The van der Waals surface area contributed by atoms with Gasteiger partial charge in [0.1, 0.15) is 5.65 Å². The van der Waals surface area contributed by atoms with E-state index in [2.05, 4.69) is 51.3 Å². The lowest BCUT2D eigenvalue weighted by Crippen LogP contribution is -2.25. The van der Waals surface area contributed by atoms with Crippen LogP contribution in [0.1, 0.15) is 44.1 Å². The minimum atomic E-state index is 0.957. The Bertz CT molecular complexity index is 794. The zero-order valence-electron chi connectivity index (χ0n) is 14.9. The summed E-state index contributed by atoms with van der Waals surface area (Å²) in [5.41, 5.74) is 4.89. The van der Waals surface area contributed by atoms with Crippen LogP contribution in [0, 0.1) is 0 Å². The Kier molecular flexibility index (Phi) is 5.12. The second-order valence-corrected chi connectivity index (χ2v) is 7.19. The molecular formula is C22H27N3. The number of benzene rings is 1. The van der Waals surface area contributed by atoms with Crippen molar-refractivity contribution in [3.05, 3.63) is 54.4 Å². The fourth-order valence-corrected chi connectivity index (χ4v) is 3.91. The number of nitrogens with zero attached hydrogens (tertiary/aromatic N) is 2. The van der Waals surface area contributed by atoms with Crippen LogP contribution in [0.5, 0.6) is 0 Å². The van der Waals surface area contributed by atoms with E-state index in [-0.39, 0.29) is 0 Å². The van der Waals surface area contributed by atoms with Crippen LogP contribution in [0.3, 0.4) is 0 Å². The number of pyridine rings is 1. The highest BCUT2D eigenvalue weighted by molar-refractivity contribution is 5.92. The van der Waals surface area contributed by atoms with E-state index in [1.807, 2.05) is 12.4 Å². The van der Waals surface area contributed by atoms with Crippen LogP contribution < -0.4 is 0 Å². The number of aromatic amines is 1. The molecule has 1 N–H and O–H groups in total. The van der Waals surface area contributed by atoms with Crippen LogP contribution in [-0.4, -0.2) is 28.0 Å². The van der Waals surface area contributed by atoms with Gasteiger partial charge in [-0.3, -0.25) is 4.90 Å². The summed E-state index contributed by atoms with van der Waals surface area (Å²) in [6.07, 6.45) is 12.2. The summed E-state index contributed by atoms with van der Waals surface area (Å²) in [5, 5.41) is 1.19. The Labute approximate surface area is 150 Å². The highest BCUT2D eigenvalue weighted by atomic mass is 15.1. The number of aromatic nitrogens is 2. The molecule has 1 saturated heterocycles. The molecule has 0 radical (unpaired) electrons. The van der Waals surface area contributed by atoms with Gasteiger partial charge in [-0.1, -0.05) is 49.9 Å². The van der Waals surface area contributed by atoms with Crippen LogP contribution in [-0.2, 0) is 6.54 Å². The van der Waals surface area contributed by atoms with Crippen molar-refractivity contribution in [3.63, 3.8) is 0 Å². The summed E-state index contributed by atoms with van der Waals surface area (Å²) in [7, 11) is 0. The van der Waals surface area contributed by atoms with Gasteiger partial charge in [-0.25, -0.2) is 4.98 Å². The standard InChI is InChI=1S/C22H27N3/c1-2-4-6-16-25(15-5-3-1)17-18-7-9-19(10-8-18)20-11-13-23-22-21(20)12-14-24-22/h7-14H,1-6,15-17H2,(H,23,24). The molecule has 0 aliphatic carbocycles. The zero-order chi connectivity index (χ0) is 16.9. The predicted molar refractivity (Wildman–Crippen MR) is 105 cm³/mol. The van der Waals surface area contributed by atoms with Gasteiger partial charge in [-0.2, -0.15) is 0 Å². The van der Waals surface area contributed by atoms with Crippen LogP contribution in [0.15, 0.2) is 48.8 Å². The molecule has 1 aromatic carbocycles. The monoisotopic (exact) mass is 333 g/mol. The summed E-state index contributed by atoms with van der Waals surface area (Å²) in [6.45, 7) is 3.57. The molecule has 0 amide bonds. The summed E-state index contributed by atoms with van der Waals surface area (Å²) in [6, 6.07) is 13.3. The highest BCUT2D eigenvalue weighted by Gasteiger charge is 2.09. The van der Waals surface area contributed by atoms with E-state index >= 15 is 0 Å². The first-order valence-electron chi connectivity index (χ1n) is 9.64. The summed E-state index contributed by atoms with van der Waals surface area (Å²) in [5.74, 6) is 0. The zero-order valence-corrected chi connectivity index (χ0v) is 14.9. The molecule has 0 atom stereocenters. The Hall–Kier alpha value is -2.13. The minimum Gasteiger partial charge on any atom is -0.346 e. The molecule has 4 rings (SSSR count). The molecule has 3 nitrogen and oxygen atoms in total. The quantitative estimate of drug-likeness (QED) is 0.697. The Morgan fingerprint density at radius 1 is 0.840 bits per heavy atom. The molecule has 1 aliphatic rings. The van der Waals surface area contributed by atoms with Gasteiger partial charge < -0.3 is 4.98 Å². The van der Waals surface area contributed by atoms with E-state index < -0.39 is 0 Å². The maximum absolute atomic E-state index is 4.38. The normalized spacial score (nSPS) is 17.1. The molecule has 0 bridgehead atoms. The lowest BCUT2D eigenvalue weighted by molar-refractivity contribution is 0.260. The van der Waals surface area contributed by atoms with Crippen LogP contribution in [0.25, 0.3) is 22.2 Å². The first-order valence-corrected chi connectivity index (χ1v) is 9.64.